The summed E-state index contributed by atoms with van der Waals surface area (Å²) in [7, 11) is 0. The van der Waals surface area contributed by atoms with Crippen LogP contribution >= 0.6 is 0 Å². The molecule has 2 aromatic rings. The second kappa shape index (κ2) is 8.11. The van der Waals surface area contributed by atoms with Crippen molar-refractivity contribution in [2.75, 3.05) is 13.1 Å². The van der Waals surface area contributed by atoms with E-state index in [1.807, 2.05) is 60.8 Å². The number of nitrogens with one attached hydrogen (secondary N) is 4. The lowest BCUT2D eigenvalue weighted by molar-refractivity contribution is 0.368. The van der Waals surface area contributed by atoms with Crippen LogP contribution in [0.2, 0.25) is 0 Å². The van der Waals surface area contributed by atoms with Crippen LogP contribution in [-0.2, 0) is 0 Å². The molecule has 7 nitrogen and oxygen atoms in total. The molecule has 2 unspecified atom stereocenters. The number of para-hydroxylation sites is 1. The maximum Gasteiger partial charge on any atom is 0.154 e. The highest BCUT2D eigenvalue weighted by Crippen LogP contribution is 2.25. The summed E-state index contributed by atoms with van der Waals surface area (Å²) >= 11 is 0. The topological polar surface area (TPSA) is 95.7 Å². The number of nitrogens with zero attached hydrogens (tertiary/aromatic N) is 1. The lowest BCUT2D eigenvalue weighted by atomic mass is 9.98. The van der Waals surface area contributed by atoms with E-state index in [0.717, 1.165) is 41.6 Å². The number of benzene rings is 2. The SMILES string of the molecule is NC(C1=CNNN=C1NCC1CCN1)c1ccc(Oc2ccccc2)cc1. The van der Waals surface area contributed by atoms with Crippen LogP contribution in [0.5, 0.6) is 11.5 Å². The summed E-state index contributed by atoms with van der Waals surface area (Å²) in [4.78, 5) is 0. The number of hydrazine groups is 1. The lowest BCUT2D eigenvalue weighted by Gasteiger charge is -2.30. The Kier molecular flexibility index (Phi) is 5.22. The standard InChI is InChI=1S/C20H24N6O/c21-19(18-13-24-26-25-20(18)23-12-15-10-11-22-15)14-6-8-17(9-7-14)27-16-4-2-1-3-5-16/h1-9,13,15,19,22,24,26H,10-12,21H2,(H,23,25). The third-order valence-electron chi connectivity index (χ3n) is 4.73. The molecule has 0 amide bonds. The Hall–Kier alpha value is -3.03. The minimum absolute atomic E-state index is 0.300. The molecule has 2 aliphatic heterocycles. The van der Waals surface area contributed by atoms with Crippen molar-refractivity contribution in [2.24, 2.45) is 10.8 Å². The highest BCUT2D eigenvalue weighted by atomic mass is 16.5. The Labute approximate surface area is 158 Å². The van der Waals surface area contributed by atoms with E-state index in [-0.39, 0.29) is 6.04 Å². The highest BCUT2D eigenvalue weighted by Gasteiger charge is 2.22. The van der Waals surface area contributed by atoms with Crippen LogP contribution in [0.4, 0.5) is 0 Å². The summed E-state index contributed by atoms with van der Waals surface area (Å²) in [5.41, 5.74) is 14.1. The molecule has 2 aromatic carbocycles. The van der Waals surface area contributed by atoms with Gasteiger partial charge in [0.2, 0.25) is 0 Å². The van der Waals surface area contributed by atoms with Gasteiger partial charge in [-0.15, -0.1) is 5.10 Å². The van der Waals surface area contributed by atoms with Crippen LogP contribution in [-0.4, -0.2) is 25.0 Å². The number of rotatable bonds is 6. The largest absolute Gasteiger partial charge is 0.457 e. The van der Waals surface area contributed by atoms with Gasteiger partial charge >= 0.3 is 0 Å². The predicted octanol–water partition coefficient (Wildman–Crippen LogP) is 1.74. The molecule has 6 N–H and O–H groups in total. The van der Waals surface area contributed by atoms with E-state index in [4.69, 9.17) is 10.5 Å². The summed E-state index contributed by atoms with van der Waals surface area (Å²) < 4.78 is 5.84. The monoisotopic (exact) mass is 364 g/mol. The van der Waals surface area contributed by atoms with Crippen molar-refractivity contribution >= 4 is 5.84 Å². The van der Waals surface area contributed by atoms with E-state index < -0.39 is 0 Å². The van der Waals surface area contributed by atoms with E-state index in [1.54, 1.807) is 0 Å². The van der Waals surface area contributed by atoms with Gasteiger partial charge in [0.05, 0.1) is 6.04 Å². The second-order valence-corrected chi connectivity index (χ2v) is 6.60. The maximum atomic E-state index is 6.50. The average molecular weight is 364 g/mol. The van der Waals surface area contributed by atoms with E-state index in [0.29, 0.717) is 6.04 Å². The Morgan fingerprint density at radius 1 is 1.11 bits per heavy atom. The highest BCUT2D eigenvalue weighted by molar-refractivity contribution is 5.99. The van der Waals surface area contributed by atoms with Crippen molar-refractivity contribution in [3.05, 3.63) is 71.9 Å². The molecule has 2 atom stereocenters. The van der Waals surface area contributed by atoms with Crippen LogP contribution in [0.15, 0.2) is 71.5 Å². The van der Waals surface area contributed by atoms with Crippen molar-refractivity contribution in [3.63, 3.8) is 0 Å². The smallest absolute Gasteiger partial charge is 0.154 e. The fourth-order valence-corrected chi connectivity index (χ4v) is 3.00. The third kappa shape index (κ3) is 4.21. The summed E-state index contributed by atoms with van der Waals surface area (Å²) in [5.74, 6) is 2.35. The molecule has 0 spiro atoms. The van der Waals surface area contributed by atoms with Crippen molar-refractivity contribution in [3.8, 4) is 11.5 Å². The number of hydrogen-bond acceptors (Lipinski definition) is 7. The Balaban J connectivity index is 1.42. The first-order valence-electron chi connectivity index (χ1n) is 9.14. The fourth-order valence-electron chi connectivity index (χ4n) is 3.00. The van der Waals surface area contributed by atoms with Crippen molar-refractivity contribution in [2.45, 2.75) is 18.5 Å². The molecule has 4 rings (SSSR count). The van der Waals surface area contributed by atoms with Crippen LogP contribution in [0.3, 0.4) is 0 Å². The molecule has 0 bridgehead atoms. The van der Waals surface area contributed by atoms with Gasteiger partial charge in [0.25, 0.3) is 0 Å². The summed E-state index contributed by atoms with van der Waals surface area (Å²) in [6.45, 7) is 1.91. The van der Waals surface area contributed by atoms with E-state index in [9.17, 15) is 0 Å². The normalized spacial score (nSPS) is 19.5. The van der Waals surface area contributed by atoms with Crippen LogP contribution in [0.25, 0.3) is 0 Å². The second-order valence-electron chi connectivity index (χ2n) is 6.60. The first-order valence-corrected chi connectivity index (χ1v) is 9.14. The maximum absolute atomic E-state index is 6.50. The molecule has 7 heteroatoms. The number of hydrazone groups is 1. The summed E-state index contributed by atoms with van der Waals surface area (Å²) in [6.07, 6.45) is 3.03. The lowest BCUT2D eigenvalue weighted by Crippen LogP contribution is -2.51. The number of nitrogens with two attached hydrogens (primary N) is 1. The quantitative estimate of drug-likeness (QED) is 0.536. The van der Waals surface area contributed by atoms with Gasteiger partial charge in [-0.3, -0.25) is 5.43 Å². The fraction of sp³-hybridized carbons (Fsp3) is 0.250. The Morgan fingerprint density at radius 3 is 2.56 bits per heavy atom. The predicted molar refractivity (Wildman–Crippen MR) is 106 cm³/mol. The molecular weight excluding hydrogens is 340 g/mol. The van der Waals surface area contributed by atoms with Gasteiger partial charge in [0, 0.05) is 24.4 Å². The number of ether oxygens (including phenoxy) is 1. The van der Waals surface area contributed by atoms with Crippen LogP contribution < -0.4 is 32.1 Å². The van der Waals surface area contributed by atoms with E-state index in [1.165, 1.54) is 6.42 Å². The van der Waals surface area contributed by atoms with E-state index >= 15 is 0 Å². The Bertz CT molecular complexity index is 814. The molecule has 27 heavy (non-hydrogen) atoms. The first-order chi connectivity index (χ1) is 13.3. The molecule has 1 fully saturated rings. The van der Waals surface area contributed by atoms with Gasteiger partial charge in [-0.1, -0.05) is 30.3 Å². The summed E-state index contributed by atoms with van der Waals surface area (Å²) in [6, 6.07) is 17.7. The average Bonchev–Trinajstić information content (AvgIpc) is 2.68. The molecule has 140 valence electrons. The number of amidine groups is 1. The molecule has 0 radical (unpaired) electrons. The minimum atomic E-state index is -0.300. The van der Waals surface area contributed by atoms with Gasteiger partial charge < -0.3 is 21.1 Å². The summed E-state index contributed by atoms with van der Waals surface area (Å²) in [5, 5.41) is 11.1. The van der Waals surface area contributed by atoms with Crippen molar-refractivity contribution in [1.82, 2.24) is 21.6 Å². The van der Waals surface area contributed by atoms with Gasteiger partial charge in [-0.25, -0.2) is 5.53 Å². The molecule has 2 heterocycles. The van der Waals surface area contributed by atoms with E-state index in [2.05, 4.69) is 26.7 Å². The Morgan fingerprint density at radius 2 is 1.85 bits per heavy atom. The third-order valence-corrected chi connectivity index (χ3v) is 4.73. The van der Waals surface area contributed by atoms with Gasteiger partial charge in [0.1, 0.15) is 11.5 Å². The van der Waals surface area contributed by atoms with Crippen LogP contribution in [0.1, 0.15) is 18.0 Å². The molecular formula is C20H24N6O. The van der Waals surface area contributed by atoms with Gasteiger partial charge in [0.15, 0.2) is 5.84 Å². The van der Waals surface area contributed by atoms with Gasteiger partial charge in [-0.2, -0.15) is 0 Å². The zero-order valence-electron chi connectivity index (χ0n) is 15.0. The number of hydrogen-bond donors (Lipinski definition) is 5. The molecule has 2 aliphatic rings. The zero-order valence-corrected chi connectivity index (χ0v) is 15.0. The zero-order chi connectivity index (χ0) is 18.5. The molecule has 0 aromatic heterocycles. The molecule has 1 saturated heterocycles. The van der Waals surface area contributed by atoms with Crippen molar-refractivity contribution in [1.29, 1.82) is 0 Å². The van der Waals surface area contributed by atoms with Crippen molar-refractivity contribution < 1.29 is 4.74 Å². The molecule has 0 aliphatic carbocycles. The van der Waals surface area contributed by atoms with Crippen LogP contribution in [0, 0.1) is 0 Å². The minimum Gasteiger partial charge on any atom is -0.457 e. The van der Waals surface area contributed by atoms with Gasteiger partial charge in [-0.05, 0) is 42.8 Å². The molecule has 0 saturated carbocycles. The first kappa shape index (κ1) is 17.4.